The van der Waals surface area contributed by atoms with Crippen molar-refractivity contribution >= 4 is 11.0 Å². The quantitative estimate of drug-likeness (QED) is 0.209. The number of aryl methyl sites for hydroxylation is 2. The number of fused-ring (bicyclic) bond motifs is 1. The molecule has 0 fully saturated rings. The predicted octanol–water partition coefficient (Wildman–Crippen LogP) is 9.85. The van der Waals surface area contributed by atoms with Crippen LogP contribution in [-0.2, 0) is 0 Å². The van der Waals surface area contributed by atoms with Crippen LogP contribution < -0.4 is 0 Å². The monoisotopic (exact) mass is 564 g/mol. The van der Waals surface area contributed by atoms with E-state index < -0.39 is 0 Å². The van der Waals surface area contributed by atoms with E-state index in [1.54, 1.807) is 6.07 Å². The number of benzene rings is 5. The fourth-order valence-corrected chi connectivity index (χ4v) is 5.40. The third-order valence-electron chi connectivity index (χ3n) is 7.85. The van der Waals surface area contributed by atoms with E-state index in [-0.39, 0.29) is 0 Å². The van der Waals surface area contributed by atoms with E-state index in [4.69, 9.17) is 15.0 Å². The molecular formula is C40H28N4. The second kappa shape index (κ2) is 11.4. The summed E-state index contributed by atoms with van der Waals surface area (Å²) in [6.45, 7) is 4.20. The maximum Gasteiger partial charge on any atom is 0.0991 e. The summed E-state index contributed by atoms with van der Waals surface area (Å²) >= 11 is 0. The van der Waals surface area contributed by atoms with Crippen molar-refractivity contribution in [2.75, 3.05) is 0 Å². The molecule has 0 spiro atoms. The number of hydrogen-bond acceptors (Lipinski definition) is 4. The number of pyridine rings is 1. The molecule has 44 heavy (non-hydrogen) atoms. The summed E-state index contributed by atoms with van der Waals surface area (Å²) < 4.78 is 0. The van der Waals surface area contributed by atoms with Crippen molar-refractivity contribution in [3.05, 3.63) is 150 Å². The number of nitriles is 1. The molecule has 7 rings (SSSR count). The summed E-state index contributed by atoms with van der Waals surface area (Å²) in [6.07, 6.45) is 0. The van der Waals surface area contributed by atoms with Crippen LogP contribution in [0.15, 0.2) is 133 Å². The molecule has 2 aromatic heterocycles. The Bertz CT molecular complexity index is 2110. The zero-order valence-corrected chi connectivity index (χ0v) is 24.5. The summed E-state index contributed by atoms with van der Waals surface area (Å²) in [7, 11) is 0. The predicted molar refractivity (Wildman–Crippen MR) is 179 cm³/mol. The van der Waals surface area contributed by atoms with Crippen molar-refractivity contribution in [2.24, 2.45) is 0 Å². The standard InChI is InChI=1S/C40H28N4/c1-26-10-14-29(15-11-26)34-23-37(30-16-12-27(2)13-17-30)42-38(24-34)31-18-20-32(21-19-31)39-40(33-7-5-6-28(22-33)25-41)44-36-9-4-3-8-35(36)43-39/h3-24H,1-2H3. The zero-order valence-electron chi connectivity index (χ0n) is 24.5. The average Bonchev–Trinajstić information content (AvgIpc) is 3.08. The van der Waals surface area contributed by atoms with Gasteiger partial charge in [0.2, 0.25) is 0 Å². The van der Waals surface area contributed by atoms with Gasteiger partial charge in [-0.3, -0.25) is 0 Å². The molecule has 208 valence electrons. The summed E-state index contributed by atoms with van der Waals surface area (Å²) in [5, 5.41) is 9.52. The van der Waals surface area contributed by atoms with Crippen LogP contribution in [0.4, 0.5) is 0 Å². The van der Waals surface area contributed by atoms with E-state index in [2.05, 4.69) is 105 Å². The third-order valence-corrected chi connectivity index (χ3v) is 7.85. The summed E-state index contributed by atoms with van der Waals surface area (Å²) in [5.41, 5.74) is 14.2. The first-order valence-corrected chi connectivity index (χ1v) is 14.6. The van der Waals surface area contributed by atoms with Gasteiger partial charge in [-0.1, -0.05) is 108 Å². The molecule has 7 aromatic rings. The lowest BCUT2D eigenvalue weighted by atomic mass is 9.97. The first-order chi connectivity index (χ1) is 21.5. The van der Waals surface area contributed by atoms with Crippen LogP contribution in [0.25, 0.3) is 67.2 Å². The maximum atomic E-state index is 9.52. The van der Waals surface area contributed by atoms with E-state index in [0.29, 0.717) is 5.56 Å². The number of rotatable bonds is 5. The van der Waals surface area contributed by atoms with Crippen LogP contribution in [0.3, 0.4) is 0 Å². The van der Waals surface area contributed by atoms with Crippen molar-refractivity contribution in [3.8, 4) is 62.2 Å². The van der Waals surface area contributed by atoms with Gasteiger partial charge in [0.25, 0.3) is 0 Å². The van der Waals surface area contributed by atoms with E-state index in [1.165, 1.54) is 11.1 Å². The lowest BCUT2D eigenvalue weighted by Crippen LogP contribution is -1.96. The number of para-hydroxylation sites is 2. The molecule has 2 heterocycles. The van der Waals surface area contributed by atoms with Gasteiger partial charge in [-0.05, 0) is 61.4 Å². The average molecular weight is 565 g/mol. The van der Waals surface area contributed by atoms with Gasteiger partial charge in [-0.15, -0.1) is 0 Å². The van der Waals surface area contributed by atoms with E-state index in [0.717, 1.165) is 67.2 Å². The lowest BCUT2D eigenvalue weighted by Gasteiger charge is -2.13. The zero-order chi connectivity index (χ0) is 30.0. The van der Waals surface area contributed by atoms with Gasteiger partial charge in [0, 0.05) is 22.3 Å². The van der Waals surface area contributed by atoms with Crippen LogP contribution in [0.2, 0.25) is 0 Å². The normalized spacial score (nSPS) is 10.9. The third kappa shape index (κ3) is 5.35. The molecule has 4 nitrogen and oxygen atoms in total. The Hall–Kier alpha value is -5.92. The first kappa shape index (κ1) is 26.9. The van der Waals surface area contributed by atoms with Crippen LogP contribution in [0, 0.1) is 25.2 Å². The SMILES string of the molecule is Cc1ccc(-c2cc(-c3ccc(C)cc3)nc(-c3ccc(-c4nc5ccccc5nc4-c4cccc(C#N)c4)cc3)c2)cc1. The minimum Gasteiger partial charge on any atom is -0.248 e. The van der Waals surface area contributed by atoms with Crippen LogP contribution in [0.5, 0.6) is 0 Å². The highest BCUT2D eigenvalue weighted by Crippen LogP contribution is 2.34. The summed E-state index contributed by atoms with van der Waals surface area (Å²) in [4.78, 5) is 15.2. The topological polar surface area (TPSA) is 62.5 Å². The first-order valence-electron chi connectivity index (χ1n) is 14.6. The Morgan fingerprint density at radius 3 is 1.50 bits per heavy atom. The second-order valence-corrected chi connectivity index (χ2v) is 11.0. The Morgan fingerprint density at radius 1 is 0.432 bits per heavy atom. The Morgan fingerprint density at radius 2 is 0.932 bits per heavy atom. The Balaban J connectivity index is 1.34. The van der Waals surface area contributed by atoms with E-state index in [1.807, 2.05) is 42.5 Å². The molecule has 0 unspecified atom stereocenters. The molecular weight excluding hydrogens is 536 g/mol. The van der Waals surface area contributed by atoms with Gasteiger partial charge in [0.15, 0.2) is 0 Å². The molecule has 0 aliphatic heterocycles. The van der Waals surface area contributed by atoms with Gasteiger partial charge < -0.3 is 0 Å². The lowest BCUT2D eigenvalue weighted by molar-refractivity contribution is 1.29. The van der Waals surface area contributed by atoms with Gasteiger partial charge in [-0.25, -0.2) is 15.0 Å². The smallest absolute Gasteiger partial charge is 0.0991 e. The van der Waals surface area contributed by atoms with Crippen molar-refractivity contribution in [1.82, 2.24) is 15.0 Å². The van der Waals surface area contributed by atoms with Crippen molar-refractivity contribution in [2.45, 2.75) is 13.8 Å². The minimum atomic E-state index is 0.586. The molecule has 0 bridgehead atoms. The van der Waals surface area contributed by atoms with E-state index in [9.17, 15) is 5.26 Å². The van der Waals surface area contributed by atoms with Crippen molar-refractivity contribution in [1.29, 1.82) is 5.26 Å². The molecule has 0 amide bonds. The van der Waals surface area contributed by atoms with Crippen molar-refractivity contribution < 1.29 is 0 Å². The highest BCUT2D eigenvalue weighted by Gasteiger charge is 2.15. The maximum absolute atomic E-state index is 9.52. The van der Waals surface area contributed by atoms with E-state index >= 15 is 0 Å². The second-order valence-electron chi connectivity index (χ2n) is 11.0. The minimum absolute atomic E-state index is 0.586. The van der Waals surface area contributed by atoms with Crippen molar-refractivity contribution in [3.63, 3.8) is 0 Å². The van der Waals surface area contributed by atoms with Gasteiger partial charge in [0.1, 0.15) is 0 Å². The molecule has 0 saturated carbocycles. The fourth-order valence-electron chi connectivity index (χ4n) is 5.40. The molecule has 0 saturated heterocycles. The largest absolute Gasteiger partial charge is 0.248 e. The highest BCUT2D eigenvalue weighted by atomic mass is 14.8. The van der Waals surface area contributed by atoms with Gasteiger partial charge >= 0.3 is 0 Å². The Labute approximate surface area is 257 Å². The number of aromatic nitrogens is 3. The van der Waals surface area contributed by atoms with Crippen LogP contribution in [-0.4, -0.2) is 15.0 Å². The van der Waals surface area contributed by atoms with Gasteiger partial charge in [0.05, 0.1) is 45.4 Å². The molecule has 5 aromatic carbocycles. The van der Waals surface area contributed by atoms with Crippen LogP contribution in [0.1, 0.15) is 16.7 Å². The summed E-state index contributed by atoms with van der Waals surface area (Å²) in [5.74, 6) is 0. The molecule has 0 N–H and O–H groups in total. The van der Waals surface area contributed by atoms with Crippen LogP contribution >= 0.6 is 0 Å². The number of hydrogen-bond donors (Lipinski definition) is 0. The molecule has 0 atom stereocenters. The molecule has 0 aliphatic rings. The summed E-state index contributed by atoms with van der Waals surface area (Å²) in [6, 6.07) is 47.4. The molecule has 0 radical (unpaired) electrons. The van der Waals surface area contributed by atoms with Gasteiger partial charge in [-0.2, -0.15) is 5.26 Å². The molecule has 4 heteroatoms. The molecule has 0 aliphatic carbocycles. The fraction of sp³-hybridized carbons (Fsp3) is 0.0500. The highest BCUT2D eigenvalue weighted by molar-refractivity contribution is 5.87. The number of nitrogens with zero attached hydrogens (tertiary/aromatic N) is 4. The Kier molecular flexibility index (Phi) is 6.98.